The summed E-state index contributed by atoms with van der Waals surface area (Å²) in [6.07, 6.45) is 9.09. The zero-order valence-corrected chi connectivity index (χ0v) is 11.9. The molecule has 0 unspecified atom stereocenters. The molecule has 0 amide bonds. The van der Waals surface area contributed by atoms with Crippen LogP contribution < -0.4 is 0 Å². The molecule has 0 bridgehead atoms. The SMILES string of the molecule is [CH3][Ti]([CH3])([CH3])([CH3])([CH3])([CH3])([CH3])[CH]1C=CC=C1. The van der Waals surface area contributed by atoms with Crippen LogP contribution in [0.1, 0.15) is 0 Å². The van der Waals surface area contributed by atoms with Gasteiger partial charge in [-0.05, 0) is 0 Å². The summed E-state index contributed by atoms with van der Waals surface area (Å²) in [5.41, 5.74) is 0. The van der Waals surface area contributed by atoms with Gasteiger partial charge >= 0.3 is 76.6 Å². The van der Waals surface area contributed by atoms with E-state index in [4.69, 9.17) is 0 Å². The van der Waals surface area contributed by atoms with Crippen molar-refractivity contribution in [1.82, 2.24) is 0 Å². The molecule has 0 nitrogen and oxygen atoms in total. The Hall–Kier alpha value is 0.194. The molecule has 13 heavy (non-hydrogen) atoms. The van der Waals surface area contributed by atoms with E-state index >= 15 is 0 Å². The molecule has 0 radical (unpaired) electrons. The first-order valence-electron chi connectivity index (χ1n) is 5.46. The Morgan fingerprint density at radius 2 is 1.00 bits per heavy atom. The second-order valence-corrected chi connectivity index (χ2v) is 54.0. The monoisotopic (exact) mass is 218 g/mol. The van der Waals surface area contributed by atoms with Gasteiger partial charge in [-0.2, -0.15) is 0 Å². The molecule has 78 valence electrons. The van der Waals surface area contributed by atoms with Gasteiger partial charge in [0, 0.05) is 0 Å². The van der Waals surface area contributed by atoms with Gasteiger partial charge in [0.25, 0.3) is 0 Å². The van der Waals surface area contributed by atoms with Crippen molar-refractivity contribution in [2.45, 2.75) is 40.8 Å². The molecule has 0 fully saturated rings. The Morgan fingerprint density at radius 1 is 0.692 bits per heavy atom. The van der Waals surface area contributed by atoms with Gasteiger partial charge in [-0.1, -0.05) is 0 Å². The van der Waals surface area contributed by atoms with Gasteiger partial charge in [-0.3, -0.25) is 0 Å². The Bertz CT molecular complexity index is 313. The van der Waals surface area contributed by atoms with Crippen LogP contribution in [0.5, 0.6) is 0 Å². The van der Waals surface area contributed by atoms with E-state index in [0.29, 0.717) is 4.22 Å². The molecule has 0 heterocycles. The van der Waals surface area contributed by atoms with Crippen molar-refractivity contribution < 1.29 is 11.5 Å². The summed E-state index contributed by atoms with van der Waals surface area (Å²) in [4.78, 5) is 0. The molecule has 0 N–H and O–H groups in total. The fraction of sp³-hybridized carbons (Fsp3) is 0.667. The van der Waals surface area contributed by atoms with Crippen LogP contribution in [0.4, 0.5) is 0 Å². The topological polar surface area (TPSA) is 0 Å². The quantitative estimate of drug-likeness (QED) is 0.507. The van der Waals surface area contributed by atoms with Gasteiger partial charge in [0.2, 0.25) is 0 Å². The van der Waals surface area contributed by atoms with E-state index in [1.54, 1.807) is 0 Å². The summed E-state index contributed by atoms with van der Waals surface area (Å²) in [7, 11) is 0. The zero-order chi connectivity index (χ0) is 10.8. The summed E-state index contributed by atoms with van der Waals surface area (Å²) in [5, 5.41) is 17.6. The molecule has 1 aliphatic rings. The number of rotatable bonds is 1. The number of allylic oxidation sites excluding steroid dienone is 4. The maximum atomic E-state index is 2.51. The average molecular weight is 218 g/mol. The van der Waals surface area contributed by atoms with E-state index in [1.165, 1.54) is 0 Å². The average Bonchev–Trinajstić information content (AvgIpc) is 1.97. The molecule has 0 atom stereocenters. The van der Waals surface area contributed by atoms with Gasteiger partial charge in [-0.15, -0.1) is 0 Å². The summed E-state index contributed by atoms with van der Waals surface area (Å²) in [5.74, 6) is 0. The molecule has 0 aromatic carbocycles. The number of hydrogen-bond donors (Lipinski definition) is 0. The minimum absolute atomic E-state index is 0.604. The third-order valence-electron chi connectivity index (χ3n) is 3.08. The molecule has 0 aliphatic heterocycles. The molecule has 1 rings (SSSR count). The van der Waals surface area contributed by atoms with Crippen LogP contribution in [0, 0.1) is 0 Å². The standard InChI is InChI=1S/C5H5.7CH3.Ti/c1-2-4-5-3-1;;;;;;;;/h1-5H;7*1H3;. The molecule has 0 spiro atoms. The second-order valence-electron chi connectivity index (χ2n) is 13.8. The predicted molar refractivity (Wildman–Crippen MR) is 63.1 cm³/mol. The molecule has 0 aromatic rings. The minimum atomic E-state index is -3.69. The van der Waals surface area contributed by atoms with Crippen LogP contribution >= 0.6 is 0 Å². The second kappa shape index (κ2) is 1.23. The van der Waals surface area contributed by atoms with Crippen molar-refractivity contribution in [3.63, 3.8) is 0 Å². The van der Waals surface area contributed by atoms with E-state index < -0.39 is 11.5 Å². The van der Waals surface area contributed by atoms with Crippen molar-refractivity contribution >= 4 is 0 Å². The first-order valence-corrected chi connectivity index (χ1v) is 17.3. The Labute approximate surface area is 76.6 Å². The van der Waals surface area contributed by atoms with Crippen LogP contribution in [-0.4, -0.2) is 0 Å². The van der Waals surface area contributed by atoms with Gasteiger partial charge in [0.05, 0.1) is 0 Å². The van der Waals surface area contributed by atoms with Crippen LogP contribution in [0.25, 0.3) is 0 Å². The van der Waals surface area contributed by atoms with E-state index in [-0.39, 0.29) is 0 Å². The first kappa shape index (κ1) is 11.3. The third kappa shape index (κ3) is 2.82. The van der Waals surface area contributed by atoms with Crippen LogP contribution in [0.2, 0.25) is 40.8 Å². The molecule has 0 saturated heterocycles. The Morgan fingerprint density at radius 3 is 1.15 bits per heavy atom. The summed E-state index contributed by atoms with van der Waals surface area (Å²) < 4.78 is 0.604. The molecule has 0 aromatic heterocycles. The molecule has 0 saturated carbocycles. The van der Waals surface area contributed by atoms with Crippen molar-refractivity contribution in [2.75, 3.05) is 0 Å². The zero-order valence-electron chi connectivity index (χ0n) is 10.4. The molecular weight excluding hydrogens is 192 g/mol. The predicted octanol–water partition coefficient (Wildman–Crippen LogP) is 5.53. The van der Waals surface area contributed by atoms with Gasteiger partial charge < -0.3 is 0 Å². The fourth-order valence-electron chi connectivity index (χ4n) is 1.78. The fourth-order valence-corrected chi connectivity index (χ4v) is 6.33. The van der Waals surface area contributed by atoms with Crippen molar-refractivity contribution in [1.29, 1.82) is 0 Å². The van der Waals surface area contributed by atoms with Crippen molar-refractivity contribution in [2.24, 2.45) is 0 Å². The Kier molecular flexibility index (Phi) is 1.07. The normalized spacial score (nSPS) is 30.4. The molecular formula is C12H26Ti. The van der Waals surface area contributed by atoms with Gasteiger partial charge in [0.1, 0.15) is 0 Å². The number of hydrogen-bond acceptors (Lipinski definition) is 0. The molecule has 1 heteroatoms. The van der Waals surface area contributed by atoms with Crippen molar-refractivity contribution in [3.05, 3.63) is 24.3 Å². The summed E-state index contributed by atoms with van der Waals surface area (Å²) in [6, 6.07) is 0. The van der Waals surface area contributed by atoms with E-state index in [2.05, 4.69) is 60.9 Å². The van der Waals surface area contributed by atoms with Gasteiger partial charge in [0.15, 0.2) is 0 Å². The van der Waals surface area contributed by atoms with Crippen molar-refractivity contribution in [3.8, 4) is 0 Å². The first-order chi connectivity index (χ1) is 5.00. The Balaban J connectivity index is 3.63. The van der Waals surface area contributed by atoms with Crippen LogP contribution in [0.15, 0.2) is 24.3 Å². The van der Waals surface area contributed by atoms with Crippen LogP contribution in [0.3, 0.4) is 0 Å². The van der Waals surface area contributed by atoms with E-state index in [1.807, 2.05) is 0 Å². The molecule has 1 aliphatic carbocycles. The maximum absolute atomic E-state index is 3.69. The van der Waals surface area contributed by atoms with E-state index in [9.17, 15) is 0 Å². The van der Waals surface area contributed by atoms with Gasteiger partial charge in [-0.25, -0.2) is 0 Å². The summed E-state index contributed by atoms with van der Waals surface area (Å²) >= 11 is -3.69. The van der Waals surface area contributed by atoms with Crippen LogP contribution in [-0.2, 0) is 11.5 Å². The third-order valence-corrected chi connectivity index (χ3v) is 11.0. The summed E-state index contributed by atoms with van der Waals surface area (Å²) in [6.45, 7) is 0. The van der Waals surface area contributed by atoms with E-state index in [0.717, 1.165) is 0 Å².